The zero-order valence-corrected chi connectivity index (χ0v) is 14.2. The van der Waals surface area contributed by atoms with Gasteiger partial charge in [0.25, 0.3) is 0 Å². The van der Waals surface area contributed by atoms with Crippen LogP contribution < -0.4 is 9.47 Å². The Hall–Kier alpha value is -2.29. The van der Waals surface area contributed by atoms with Gasteiger partial charge < -0.3 is 9.47 Å². The minimum absolute atomic E-state index is 0.219. The fraction of sp³-hybridized carbons (Fsp3) is 0.350. The Labute approximate surface area is 138 Å². The van der Waals surface area contributed by atoms with Gasteiger partial charge in [0.2, 0.25) is 0 Å². The summed E-state index contributed by atoms with van der Waals surface area (Å²) in [5, 5.41) is 0. The van der Waals surface area contributed by atoms with Crippen molar-refractivity contribution in [3.05, 3.63) is 58.7 Å². The van der Waals surface area contributed by atoms with E-state index < -0.39 is 0 Å². The number of rotatable bonds is 4. The second-order valence-electron chi connectivity index (χ2n) is 6.01. The summed E-state index contributed by atoms with van der Waals surface area (Å²) in [5.74, 6) is 1.74. The van der Waals surface area contributed by atoms with Crippen LogP contribution in [0.3, 0.4) is 0 Å². The predicted octanol–water partition coefficient (Wildman–Crippen LogP) is 4.16. The highest BCUT2D eigenvalue weighted by Crippen LogP contribution is 2.33. The summed E-state index contributed by atoms with van der Waals surface area (Å²) in [6.07, 6.45) is 1.03. The Morgan fingerprint density at radius 2 is 1.78 bits per heavy atom. The van der Waals surface area contributed by atoms with E-state index in [4.69, 9.17) is 14.5 Å². The number of hydrogen-bond acceptors (Lipinski definition) is 3. The molecule has 0 N–H and O–H groups in total. The highest BCUT2D eigenvalue weighted by molar-refractivity contribution is 6.06. The average Bonchev–Trinajstić information content (AvgIpc) is 2.59. The summed E-state index contributed by atoms with van der Waals surface area (Å²) in [6, 6.07) is 12.8. The van der Waals surface area contributed by atoms with Crippen molar-refractivity contribution in [1.82, 2.24) is 0 Å². The molecule has 0 spiro atoms. The van der Waals surface area contributed by atoms with Crippen LogP contribution in [-0.2, 0) is 6.42 Å². The van der Waals surface area contributed by atoms with Crippen LogP contribution in [0.4, 0.5) is 0 Å². The van der Waals surface area contributed by atoms with Gasteiger partial charge in [-0.2, -0.15) is 0 Å². The maximum atomic E-state index is 5.43. The lowest BCUT2D eigenvalue weighted by Gasteiger charge is -2.23. The van der Waals surface area contributed by atoms with Gasteiger partial charge in [-0.15, -0.1) is 0 Å². The molecule has 0 radical (unpaired) electrons. The minimum atomic E-state index is 0.219. The van der Waals surface area contributed by atoms with Crippen molar-refractivity contribution in [3.63, 3.8) is 0 Å². The molecular formula is C20H23NO2. The van der Waals surface area contributed by atoms with Gasteiger partial charge in [-0.3, -0.25) is 4.99 Å². The van der Waals surface area contributed by atoms with E-state index in [0.717, 1.165) is 24.5 Å². The van der Waals surface area contributed by atoms with E-state index in [1.165, 1.54) is 28.0 Å². The Kier molecular flexibility index (Phi) is 4.37. The lowest BCUT2D eigenvalue weighted by atomic mass is 9.86. The van der Waals surface area contributed by atoms with Crippen LogP contribution in [-0.4, -0.2) is 26.5 Å². The lowest BCUT2D eigenvalue weighted by molar-refractivity contribution is 0.354. The van der Waals surface area contributed by atoms with Gasteiger partial charge in [0.15, 0.2) is 11.5 Å². The van der Waals surface area contributed by atoms with Crippen molar-refractivity contribution in [3.8, 4) is 11.5 Å². The largest absolute Gasteiger partial charge is 0.493 e. The predicted molar refractivity (Wildman–Crippen MR) is 94.2 cm³/mol. The van der Waals surface area contributed by atoms with Crippen molar-refractivity contribution in [1.29, 1.82) is 0 Å². The summed E-state index contributed by atoms with van der Waals surface area (Å²) >= 11 is 0. The van der Waals surface area contributed by atoms with Gasteiger partial charge >= 0.3 is 0 Å². The highest BCUT2D eigenvalue weighted by atomic mass is 16.5. The lowest BCUT2D eigenvalue weighted by Crippen LogP contribution is -2.19. The number of hydrogen-bond donors (Lipinski definition) is 0. The standard InChI is InChI=1S/C20H23NO2/c1-13-5-7-17-16(11-13)9-10-21-20(17)14(2)15-6-8-18(22-3)19(12-15)23-4/h5-8,11-12,14H,9-10H2,1-4H3. The molecular weight excluding hydrogens is 286 g/mol. The van der Waals surface area contributed by atoms with E-state index in [2.05, 4.69) is 44.2 Å². The van der Waals surface area contributed by atoms with Crippen molar-refractivity contribution in [2.24, 2.45) is 4.99 Å². The summed E-state index contributed by atoms with van der Waals surface area (Å²) < 4.78 is 10.8. The van der Waals surface area contributed by atoms with E-state index in [1.54, 1.807) is 14.2 Å². The van der Waals surface area contributed by atoms with Gasteiger partial charge in [0.1, 0.15) is 0 Å². The molecule has 1 aliphatic rings. The Bertz CT molecular complexity index is 749. The first-order valence-corrected chi connectivity index (χ1v) is 8.00. The molecule has 3 nitrogen and oxygen atoms in total. The SMILES string of the molecule is COc1ccc(C(C)C2=NCCc3cc(C)ccc32)cc1OC. The first-order valence-electron chi connectivity index (χ1n) is 8.00. The number of benzene rings is 2. The molecule has 2 aromatic carbocycles. The topological polar surface area (TPSA) is 30.8 Å². The third-order valence-corrected chi connectivity index (χ3v) is 4.52. The molecule has 3 rings (SSSR count). The second kappa shape index (κ2) is 6.45. The molecule has 2 aromatic rings. The Morgan fingerprint density at radius 3 is 2.52 bits per heavy atom. The van der Waals surface area contributed by atoms with Gasteiger partial charge in [-0.25, -0.2) is 0 Å². The number of methoxy groups -OCH3 is 2. The molecule has 0 saturated heterocycles. The zero-order valence-electron chi connectivity index (χ0n) is 14.2. The summed E-state index contributed by atoms with van der Waals surface area (Å²) in [4.78, 5) is 4.82. The maximum absolute atomic E-state index is 5.43. The summed E-state index contributed by atoms with van der Waals surface area (Å²) in [7, 11) is 3.33. The van der Waals surface area contributed by atoms with Crippen LogP contribution in [0.1, 0.15) is 35.1 Å². The van der Waals surface area contributed by atoms with E-state index in [-0.39, 0.29) is 5.92 Å². The molecule has 120 valence electrons. The van der Waals surface area contributed by atoms with Crippen LogP contribution in [0.5, 0.6) is 11.5 Å². The van der Waals surface area contributed by atoms with E-state index in [9.17, 15) is 0 Å². The third-order valence-electron chi connectivity index (χ3n) is 4.52. The first-order chi connectivity index (χ1) is 11.1. The molecule has 1 unspecified atom stereocenters. The average molecular weight is 309 g/mol. The van der Waals surface area contributed by atoms with Crippen molar-refractivity contribution >= 4 is 5.71 Å². The normalized spacial score (nSPS) is 14.7. The van der Waals surface area contributed by atoms with E-state index in [0.29, 0.717) is 0 Å². The number of ether oxygens (including phenoxy) is 2. The van der Waals surface area contributed by atoms with E-state index >= 15 is 0 Å². The number of aryl methyl sites for hydroxylation is 1. The summed E-state index contributed by atoms with van der Waals surface area (Å²) in [5.41, 5.74) is 6.35. The van der Waals surface area contributed by atoms with Crippen molar-refractivity contribution in [2.75, 3.05) is 20.8 Å². The Morgan fingerprint density at radius 1 is 1.00 bits per heavy atom. The molecule has 3 heteroatoms. The van der Waals surface area contributed by atoms with Gasteiger partial charge in [-0.05, 0) is 42.2 Å². The van der Waals surface area contributed by atoms with Gasteiger partial charge in [-0.1, -0.05) is 36.8 Å². The minimum Gasteiger partial charge on any atom is -0.493 e. The van der Waals surface area contributed by atoms with Gasteiger partial charge in [0, 0.05) is 18.2 Å². The van der Waals surface area contributed by atoms with Crippen molar-refractivity contribution in [2.45, 2.75) is 26.2 Å². The maximum Gasteiger partial charge on any atom is 0.161 e. The number of nitrogens with zero attached hydrogens (tertiary/aromatic N) is 1. The molecule has 0 saturated carbocycles. The monoisotopic (exact) mass is 309 g/mol. The fourth-order valence-corrected chi connectivity index (χ4v) is 3.21. The molecule has 0 fully saturated rings. The molecule has 0 bridgehead atoms. The van der Waals surface area contributed by atoms with Crippen LogP contribution in [0.2, 0.25) is 0 Å². The van der Waals surface area contributed by atoms with Gasteiger partial charge in [0.05, 0.1) is 14.2 Å². The molecule has 0 aliphatic carbocycles. The molecule has 23 heavy (non-hydrogen) atoms. The molecule has 1 aliphatic heterocycles. The molecule has 0 amide bonds. The molecule has 1 heterocycles. The second-order valence-corrected chi connectivity index (χ2v) is 6.01. The zero-order chi connectivity index (χ0) is 16.4. The highest BCUT2D eigenvalue weighted by Gasteiger charge is 2.21. The first kappa shape index (κ1) is 15.6. The van der Waals surface area contributed by atoms with Crippen LogP contribution in [0.15, 0.2) is 41.4 Å². The number of aliphatic imine (C=N–C) groups is 1. The molecule has 0 aromatic heterocycles. The Balaban J connectivity index is 1.98. The van der Waals surface area contributed by atoms with Crippen LogP contribution in [0, 0.1) is 6.92 Å². The van der Waals surface area contributed by atoms with Crippen molar-refractivity contribution < 1.29 is 9.47 Å². The van der Waals surface area contributed by atoms with Crippen LogP contribution >= 0.6 is 0 Å². The third kappa shape index (κ3) is 2.96. The smallest absolute Gasteiger partial charge is 0.161 e. The molecule has 1 atom stereocenters. The number of fused-ring (bicyclic) bond motifs is 1. The fourth-order valence-electron chi connectivity index (χ4n) is 3.21. The van der Waals surface area contributed by atoms with Crippen LogP contribution in [0.25, 0.3) is 0 Å². The van der Waals surface area contributed by atoms with E-state index in [1.807, 2.05) is 6.07 Å². The summed E-state index contributed by atoms with van der Waals surface area (Å²) in [6.45, 7) is 5.21. The quantitative estimate of drug-likeness (QED) is 0.849.